The van der Waals surface area contributed by atoms with Crippen LogP contribution in [-0.4, -0.2) is 47.0 Å². The molecular formula is C26H33N3O3S. The number of amidine groups is 1. The van der Waals surface area contributed by atoms with Crippen LogP contribution in [0, 0.1) is 19.8 Å². The summed E-state index contributed by atoms with van der Waals surface area (Å²) in [6, 6.07) is 5.93. The van der Waals surface area contributed by atoms with Gasteiger partial charge < -0.3 is 14.5 Å². The zero-order valence-corrected chi connectivity index (χ0v) is 21.0. The summed E-state index contributed by atoms with van der Waals surface area (Å²) in [5.41, 5.74) is 5.46. The maximum atomic E-state index is 13.2. The molecule has 7 heteroatoms. The highest BCUT2D eigenvalue weighted by Crippen LogP contribution is 2.46. The number of likely N-dealkylation sites (tertiary alicyclic amines) is 1. The number of nitrogens with zero attached hydrogens (tertiary/aromatic N) is 3. The maximum absolute atomic E-state index is 13.2. The summed E-state index contributed by atoms with van der Waals surface area (Å²) in [7, 11) is 1.42. The van der Waals surface area contributed by atoms with E-state index in [4.69, 9.17) is 9.73 Å². The van der Waals surface area contributed by atoms with E-state index in [0.29, 0.717) is 24.3 Å². The van der Waals surface area contributed by atoms with Crippen molar-refractivity contribution in [2.75, 3.05) is 20.2 Å². The standard InChI is InChI=1S/C26H33N3O3S/c1-6-21-23(25(31)32-5)24(20-13-17(3)7-8-18(20)4)29-19(15-33-26(29)27-21)14-22(30)28-11-9-16(2)10-12-28/h7-8,13,15-16,24H,6,9-12,14H2,1-5H3/t24-/m1/s1. The molecule has 0 aromatic heterocycles. The zero-order valence-electron chi connectivity index (χ0n) is 20.2. The van der Waals surface area contributed by atoms with Crippen LogP contribution in [0.2, 0.25) is 0 Å². The van der Waals surface area contributed by atoms with Gasteiger partial charge in [0.1, 0.15) is 0 Å². The number of amides is 1. The van der Waals surface area contributed by atoms with Crippen LogP contribution in [-0.2, 0) is 14.3 Å². The molecule has 3 aliphatic heterocycles. The van der Waals surface area contributed by atoms with E-state index in [0.717, 1.165) is 59.2 Å². The second kappa shape index (κ2) is 9.75. The molecule has 0 aliphatic carbocycles. The molecule has 1 saturated heterocycles. The Kier molecular flexibility index (Phi) is 6.98. The second-order valence-corrected chi connectivity index (χ2v) is 10.0. The number of thioether (sulfide) groups is 1. The van der Waals surface area contributed by atoms with Crippen molar-refractivity contribution in [1.29, 1.82) is 0 Å². The number of hydrogen-bond donors (Lipinski definition) is 0. The number of carbonyl (C=O) groups is 2. The van der Waals surface area contributed by atoms with E-state index in [1.807, 2.05) is 17.2 Å². The van der Waals surface area contributed by atoms with Gasteiger partial charge in [0, 0.05) is 18.8 Å². The first-order valence-electron chi connectivity index (χ1n) is 11.7. The maximum Gasteiger partial charge on any atom is 0.338 e. The average Bonchev–Trinajstić information content (AvgIpc) is 3.21. The van der Waals surface area contributed by atoms with E-state index in [2.05, 4.69) is 43.9 Å². The minimum atomic E-state index is -0.367. The average molecular weight is 468 g/mol. The van der Waals surface area contributed by atoms with Gasteiger partial charge in [0.25, 0.3) is 0 Å². The first-order chi connectivity index (χ1) is 15.8. The molecule has 3 heterocycles. The van der Waals surface area contributed by atoms with Crippen molar-refractivity contribution in [3.8, 4) is 0 Å². The number of carbonyl (C=O) groups excluding carboxylic acids is 2. The molecule has 1 amide bonds. The number of esters is 1. The normalized spacial score (nSPS) is 21.1. The molecule has 3 aliphatic rings. The van der Waals surface area contributed by atoms with Gasteiger partial charge in [-0.15, -0.1) is 0 Å². The van der Waals surface area contributed by atoms with E-state index in [9.17, 15) is 9.59 Å². The molecule has 33 heavy (non-hydrogen) atoms. The van der Waals surface area contributed by atoms with Gasteiger partial charge in [0.05, 0.1) is 30.8 Å². The van der Waals surface area contributed by atoms with Crippen molar-refractivity contribution >= 4 is 28.8 Å². The minimum absolute atomic E-state index is 0.139. The SMILES string of the molecule is CCC1=C(C(=O)OC)[C@@H](c2cc(C)ccc2C)N2C(CC(=O)N3CCC(C)CC3)=CSC2=N1. The van der Waals surface area contributed by atoms with Crippen LogP contribution in [0.15, 0.2) is 45.6 Å². The van der Waals surface area contributed by atoms with Crippen molar-refractivity contribution in [2.24, 2.45) is 10.9 Å². The largest absolute Gasteiger partial charge is 0.466 e. The quantitative estimate of drug-likeness (QED) is 0.565. The number of aliphatic imine (C=N–C) groups is 1. The molecule has 1 fully saturated rings. The summed E-state index contributed by atoms with van der Waals surface area (Å²) < 4.78 is 5.22. The number of aryl methyl sites for hydroxylation is 2. The van der Waals surface area contributed by atoms with E-state index in [1.54, 1.807) is 0 Å². The predicted molar refractivity (Wildman–Crippen MR) is 133 cm³/mol. The zero-order chi connectivity index (χ0) is 23.7. The van der Waals surface area contributed by atoms with E-state index >= 15 is 0 Å². The number of allylic oxidation sites excluding steroid dienone is 1. The Morgan fingerprint density at radius 2 is 1.94 bits per heavy atom. The van der Waals surface area contributed by atoms with Crippen LogP contribution in [0.4, 0.5) is 0 Å². The van der Waals surface area contributed by atoms with E-state index in [1.165, 1.54) is 18.9 Å². The smallest absolute Gasteiger partial charge is 0.338 e. The van der Waals surface area contributed by atoms with Crippen LogP contribution in [0.3, 0.4) is 0 Å². The molecule has 6 nitrogen and oxygen atoms in total. The van der Waals surface area contributed by atoms with Crippen molar-refractivity contribution in [3.05, 3.63) is 57.3 Å². The number of rotatable bonds is 5. The third-order valence-electron chi connectivity index (χ3n) is 6.83. The highest BCUT2D eigenvalue weighted by Gasteiger charge is 2.42. The van der Waals surface area contributed by atoms with Gasteiger partial charge >= 0.3 is 5.97 Å². The molecule has 0 radical (unpaired) electrons. The number of methoxy groups -OCH3 is 1. The van der Waals surface area contributed by atoms with Gasteiger partial charge in [-0.1, -0.05) is 49.4 Å². The number of fused-ring (bicyclic) bond motifs is 1. The lowest BCUT2D eigenvalue weighted by atomic mass is 9.89. The number of piperidine rings is 1. The fraction of sp³-hybridized carbons (Fsp3) is 0.500. The molecule has 1 aromatic rings. The van der Waals surface area contributed by atoms with Gasteiger partial charge in [-0.2, -0.15) is 0 Å². The Balaban J connectivity index is 1.73. The number of hydrogen-bond acceptors (Lipinski definition) is 6. The molecule has 0 bridgehead atoms. The van der Waals surface area contributed by atoms with Crippen molar-refractivity contribution < 1.29 is 14.3 Å². The van der Waals surface area contributed by atoms with Crippen LogP contribution in [0.5, 0.6) is 0 Å². The molecule has 4 rings (SSSR count). The summed E-state index contributed by atoms with van der Waals surface area (Å²) in [5, 5.41) is 2.84. The topological polar surface area (TPSA) is 62.2 Å². The Labute approximate surface area is 200 Å². The van der Waals surface area contributed by atoms with Crippen molar-refractivity contribution in [1.82, 2.24) is 9.80 Å². The van der Waals surface area contributed by atoms with Gasteiger partial charge in [-0.25, -0.2) is 9.79 Å². The van der Waals surface area contributed by atoms with Crippen LogP contribution >= 0.6 is 11.8 Å². The third-order valence-corrected chi connectivity index (χ3v) is 7.72. The minimum Gasteiger partial charge on any atom is -0.466 e. The Hall–Kier alpha value is -2.54. The van der Waals surface area contributed by atoms with Crippen LogP contribution in [0.25, 0.3) is 0 Å². The predicted octanol–water partition coefficient (Wildman–Crippen LogP) is 5.09. The summed E-state index contributed by atoms with van der Waals surface area (Å²) in [5.74, 6) is 0.442. The first-order valence-corrected chi connectivity index (χ1v) is 12.6. The van der Waals surface area contributed by atoms with Gasteiger partial charge in [0.15, 0.2) is 5.17 Å². The molecular weight excluding hydrogens is 434 g/mol. The molecule has 1 atom stereocenters. The van der Waals surface area contributed by atoms with Crippen molar-refractivity contribution in [3.63, 3.8) is 0 Å². The summed E-state index contributed by atoms with van der Waals surface area (Å²) in [4.78, 5) is 35.1. The van der Waals surface area contributed by atoms with Crippen LogP contribution < -0.4 is 0 Å². The van der Waals surface area contributed by atoms with E-state index < -0.39 is 0 Å². The Bertz CT molecular complexity index is 1050. The molecule has 0 unspecified atom stereocenters. The highest BCUT2D eigenvalue weighted by atomic mass is 32.2. The number of ether oxygens (including phenoxy) is 1. The van der Waals surface area contributed by atoms with Gasteiger partial charge in [-0.3, -0.25) is 4.79 Å². The molecule has 0 spiro atoms. The van der Waals surface area contributed by atoms with Gasteiger partial charge in [0.2, 0.25) is 5.91 Å². The summed E-state index contributed by atoms with van der Waals surface area (Å²) >= 11 is 1.53. The lowest BCUT2D eigenvalue weighted by molar-refractivity contribution is -0.136. The molecule has 0 N–H and O–H groups in total. The summed E-state index contributed by atoms with van der Waals surface area (Å²) in [6.07, 6.45) is 3.04. The lowest BCUT2D eigenvalue weighted by Crippen LogP contribution is -2.41. The number of benzene rings is 1. The first kappa shape index (κ1) is 23.6. The second-order valence-electron chi connectivity index (χ2n) is 9.20. The fourth-order valence-corrected chi connectivity index (χ4v) is 5.72. The fourth-order valence-electron chi connectivity index (χ4n) is 4.79. The monoisotopic (exact) mass is 467 g/mol. The third kappa shape index (κ3) is 4.60. The van der Waals surface area contributed by atoms with Crippen molar-refractivity contribution in [2.45, 2.75) is 59.4 Å². The highest BCUT2D eigenvalue weighted by molar-refractivity contribution is 8.16. The van der Waals surface area contributed by atoms with Crippen LogP contribution in [0.1, 0.15) is 62.3 Å². The van der Waals surface area contributed by atoms with E-state index in [-0.39, 0.29) is 17.9 Å². The summed E-state index contributed by atoms with van der Waals surface area (Å²) in [6.45, 7) is 10.00. The Morgan fingerprint density at radius 1 is 1.21 bits per heavy atom. The lowest BCUT2D eigenvalue weighted by Gasteiger charge is -2.38. The molecule has 0 saturated carbocycles. The molecule has 176 valence electrons. The van der Waals surface area contributed by atoms with Gasteiger partial charge in [-0.05, 0) is 55.6 Å². The molecule has 1 aromatic carbocycles. The Morgan fingerprint density at radius 3 is 2.61 bits per heavy atom.